The molecule has 4 rings (SSSR count). The fraction of sp³-hybridized carbons (Fsp3) is 0.375. The van der Waals surface area contributed by atoms with Gasteiger partial charge in [0.15, 0.2) is 0 Å². The van der Waals surface area contributed by atoms with Crippen LogP contribution in [0.3, 0.4) is 0 Å². The number of likely N-dealkylation sites (tertiary alicyclic amines) is 1. The highest BCUT2D eigenvalue weighted by molar-refractivity contribution is 5.84. The van der Waals surface area contributed by atoms with E-state index < -0.39 is 23.2 Å². The molecule has 0 N–H and O–H groups in total. The Kier molecular flexibility index (Phi) is 5.90. The van der Waals surface area contributed by atoms with Crippen molar-refractivity contribution in [2.45, 2.75) is 31.0 Å². The number of alkyl halides is 3. The van der Waals surface area contributed by atoms with E-state index >= 15 is 0 Å². The van der Waals surface area contributed by atoms with Gasteiger partial charge in [-0.05, 0) is 36.6 Å². The lowest BCUT2D eigenvalue weighted by Gasteiger charge is -2.43. The summed E-state index contributed by atoms with van der Waals surface area (Å²) in [5.41, 5.74) is 1.10. The molecule has 0 atom stereocenters. The molecule has 5 nitrogen and oxygen atoms in total. The van der Waals surface area contributed by atoms with E-state index in [2.05, 4.69) is 0 Å². The number of carbonyl (C=O) groups excluding carboxylic acids is 1. The van der Waals surface area contributed by atoms with Crippen molar-refractivity contribution in [2.75, 3.05) is 19.7 Å². The van der Waals surface area contributed by atoms with E-state index in [9.17, 15) is 23.1 Å². The highest BCUT2D eigenvalue weighted by Gasteiger charge is 2.37. The minimum atomic E-state index is -4.44. The maximum Gasteiger partial charge on any atom is 0.416 e. The molecule has 2 heterocycles. The number of nitrogens with zero attached hydrogens (tertiary/aromatic N) is 2. The third kappa shape index (κ3) is 4.32. The van der Waals surface area contributed by atoms with Crippen LogP contribution in [-0.2, 0) is 30.0 Å². The highest BCUT2D eigenvalue weighted by Crippen LogP contribution is 2.37. The third-order valence-electron chi connectivity index (χ3n) is 6.38. The molecule has 0 bridgehead atoms. The first-order chi connectivity index (χ1) is 15.2. The maximum absolute atomic E-state index is 13.4. The Morgan fingerprint density at radius 1 is 1.12 bits per heavy atom. The maximum atomic E-state index is 13.4. The molecule has 8 heteroatoms. The molecule has 0 unspecified atom stereocenters. The zero-order chi connectivity index (χ0) is 22.9. The number of amides is 1. The molecule has 1 amide bonds. The van der Waals surface area contributed by atoms with Crippen molar-refractivity contribution in [3.8, 4) is 0 Å². The van der Waals surface area contributed by atoms with Gasteiger partial charge in [-0.1, -0.05) is 30.3 Å². The number of benzene rings is 2. The summed E-state index contributed by atoms with van der Waals surface area (Å²) in [6.45, 7) is 0.954. The van der Waals surface area contributed by atoms with Crippen molar-refractivity contribution in [2.24, 2.45) is 7.05 Å². The Labute approximate surface area is 184 Å². The molecule has 0 saturated carbocycles. The summed E-state index contributed by atoms with van der Waals surface area (Å²) >= 11 is 0. The second-order valence-corrected chi connectivity index (χ2v) is 8.39. The topological polar surface area (TPSA) is 57.5 Å². The van der Waals surface area contributed by atoms with Gasteiger partial charge in [-0.2, -0.15) is 13.2 Å². The van der Waals surface area contributed by atoms with Gasteiger partial charge in [0.1, 0.15) is 6.09 Å². The molecular formula is C24H24F3N2O3-. The lowest BCUT2D eigenvalue weighted by molar-refractivity contribution is -0.267. The van der Waals surface area contributed by atoms with Gasteiger partial charge in [-0.25, -0.2) is 0 Å². The fourth-order valence-electron chi connectivity index (χ4n) is 4.60. The number of aromatic nitrogens is 1. The van der Waals surface area contributed by atoms with Crippen LogP contribution in [0.2, 0.25) is 0 Å². The van der Waals surface area contributed by atoms with Crippen molar-refractivity contribution < 1.29 is 27.8 Å². The number of fused-ring (bicyclic) bond motifs is 1. The minimum absolute atomic E-state index is 0.0249. The lowest BCUT2D eigenvalue weighted by atomic mass is 9.73. The molecule has 1 fully saturated rings. The van der Waals surface area contributed by atoms with Crippen LogP contribution in [0.25, 0.3) is 10.9 Å². The Morgan fingerprint density at radius 2 is 1.81 bits per heavy atom. The van der Waals surface area contributed by atoms with Gasteiger partial charge in [-0.3, -0.25) is 0 Å². The first kappa shape index (κ1) is 22.2. The molecule has 0 radical (unpaired) electrons. The van der Waals surface area contributed by atoms with E-state index in [4.69, 9.17) is 4.74 Å². The predicted molar refractivity (Wildman–Crippen MR) is 112 cm³/mol. The Balaban J connectivity index is 1.58. The monoisotopic (exact) mass is 445 g/mol. The average Bonchev–Trinajstić information content (AvgIpc) is 3.15. The quantitative estimate of drug-likeness (QED) is 0.595. The standard InChI is InChI=1S/C24H25F3N2O3/c1-28-10-7-17-13-20(24(25,26)27)14-18(21(17)28)15-32-16-23(19-5-3-2-4-6-19)8-11-29(12-9-23)22(30)31/h2-7,10,13-14H,8-9,11-12,15-16H2,1H3,(H,30,31)/p-1. The van der Waals surface area contributed by atoms with E-state index in [0.29, 0.717) is 42.4 Å². The first-order valence-electron chi connectivity index (χ1n) is 10.4. The minimum Gasteiger partial charge on any atom is -0.530 e. The summed E-state index contributed by atoms with van der Waals surface area (Å²) in [5.74, 6) is 0. The number of carboxylic acid groups (broad SMARTS) is 1. The van der Waals surface area contributed by atoms with Crippen LogP contribution in [-0.4, -0.2) is 35.3 Å². The van der Waals surface area contributed by atoms with E-state index in [0.717, 1.165) is 17.7 Å². The van der Waals surface area contributed by atoms with Gasteiger partial charge in [0.25, 0.3) is 0 Å². The molecule has 3 aromatic rings. The van der Waals surface area contributed by atoms with Crippen molar-refractivity contribution >= 4 is 17.0 Å². The van der Waals surface area contributed by atoms with Crippen LogP contribution in [0.4, 0.5) is 18.0 Å². The highest BCUT2D eigenvalue weighted by atomic mass is 19.4. The van der Waals surface area contributed by atoms with Crippen LogP contribution in [0.15, 0.2) is 54.7 Å². The van der Waals surface area contributed by atoms with Gasteiger partial charge in [0.2, 0.25) is 0 Å². The Bertz CT molecular complexity index is 1100. The van der Waals surface area contributed by atoms with Crippen molar-refractivity contribution in [1.82, 2.24) is 9.47 Å². The Hall–Kier alpha value is -3.00. The largest absolute Gasteiger partial charge is 0.530 e. The number of halogens is 3. The van der Waals surface area contributed by atoms with E-state index in [1.54, 1.807) is 23.9 Å². The first-order valence-corrected chi connectivity index (χ1v) is 10.4. The zero-order valence-electron chi connectivity index (χ0n) is 17.7. The van der Waals surface area contributed by atoms with Crippen LogP contribution >= 0.6 is 0 Å². The SMILES string of the molecule is Cn1ccc2cc(C(F)(F)F)cc(COCC3(c4ccccc4)CCN(C(=O)[O-])CC3)c21. The predicted octanol–water partition coefficient (Wildman–Crippen LogP) is 4.09. The van der Waals surface area contributed by atoms with Crippen LogP contribution in [0.5, 0.6) is 0 Å². The number of ether oxygens (including phenoxy) is 1. The molecule has 32 heavy (non-hydrogen) atoms. The smallest absolute Gasteiger partial charge is 0.416 e. The molecule has 1 aliphatic rings. The van der Waals surface area contributed by atoms with Crippen molar-refractivity contribution in [3.63, 3.8) is 0 Å². The fourth-order valence-corrected chi connectivity index (χ4v) is 4.60. The van der Waals surface area contributed by atoms with Gasteiger partial charge in [0.05, 0.1) is 24.3 Å². The summed E-state index contributed by atoms with van der Waals surface area (Å²) in [6.07, 6.45) is -2.81. The average molecular weight is 445 g/mol. The summed E-state index contributed by atoms with van der Waals surface area (Å²) in [5, 5.41) is 11.7. The van der Waals surface area contributed by atoms with E-state index in [1.807, 2.05) is 30.3 Å². The molecule has 2 aromatic carbocycles. The molecular weight excluding hydrogens is 421 g/mol. The zero-order valence-corrected chi connectivity index (χ0v) is 17.7. The molecule has 0 aliphatic carbocycles. The third-order valence-corrected chi connectivity index (χ3v) is 6.38. The number of hydrogen-bond acceptors (Lipinski definition) is 3. The van der Waals surface area contributed by atoms with Gasteiger partial charge >= 0.3 is 6.18 Å². The van der Waals surface area contributed by atoms with Crippen LogP contribution < -0.4 is 5.11 Å². The van der Waals surface area contributed by atoms with Gasteiger partial charge < -0.3 is 24.1 Å². The second-order valence-electron chi connectivity index (χ2n) is 8.39. The van der Waals surface area contributed by atoms with E-state index in [1.165, 1.54) is 4.90 Å². The van der Waals surface area contributed by atoms with E-state index in [-0.39, 0.29) is 13.2 Å². The lowest BCUT2D eigenvalue weighted by Crippen LogP contribution is -2.51. The molecule has 1 aromatic heterocycles. The molecule has 1 saturated heterocycles. The molecule has 1 aliphatic heterocycles. The summed E-state index contributed by atoms with van der Waals surface area (Å²) in [6, 6.07) is 13.7. The van der Waals surface area contributed by atoms with Crippen LogP contribution in [0.1, 0.15) is 29.5 Å². The number of carbonyl (C=O) groups is 1. The second kappa shape index (κ2) is 8.50. The summed E-state index contributed by atoms with van der Waals surface area (Å²) < 4.78 is 48.0. The Morgan fingerprint density at radius 3 is 2.44 bits per heavy atom. The number of aryl methyl sites for hydroxylation is 1. The van der Waals surface area contributed by atoms with Gasteiger partial charge in [-0.15, -0.1) is 0 Å². The number of piperidine rings is 1. The number of rotatable bonds is 5. The van der Waals surface area contributed by atoms with Gasteiger partial charge in [0, 0.05) is 42.7 Å². The normalized spacial score (nSPS) is 16.4. The summed E-state index contributed by atoms with van der Waals surface area (Å²) in [7, 11) is 1.79. The van der Waals surface area contributed by atoms with Crippen molar-refractivity contribution in [3.05, 3.63) is 71.4 Å². The van der Waals surface area contributed by atoms with Crippen molar-refractivity contribution in [1.29, 1.82) is 0 Å². The molecule has 0 spiro atoms. The summed E-state index contributed by atoms with van der Waals surface area (Å²) in [4.78, 5) is 12.5. The molecule has 170 valence electrons. The van der Waals surface area contributed by atoms with Crippen LogP contribution in [0, 0.1) is 0 Å². The number of hydrogen-bond donors (Lipinski definition) is 0.